The van der Waals surface area contributed by atoms with Crippen molar-refractivity contribution >= 4 is 11.8 Å². The highest BCUT2D eigenvalue weighted by Crippen LogP contribution is 2.09. The monoisotopic (exact) mass is 266 g/mol. The quantitative estimate of drug-likeness (QED) is 0.902. The van der Waals surface area contributed by atoms with Crippen LogP contribution < -0.4 is 5.32 Å². The first-order valence-corrected chi connectivity index (χ1v) is 6.18. The predicted molar refractivity (Wildman–Crippen MR) is 71.4 cm³/mol. The Labute approximate surface area is 112 Å². The van der Waals surface area contributed by atoms with E-state index in [-0.39, 0.29) is 17.6 Å². The van der Waals surface area contributed by atoms with Crippen molar-refractivity contribution in [3.8, 4) is 0 Å². The van der Waals surface area contributed by atoms with Gasteiger partial charge in [-0.3, -0.25) is 9.59 Å². The molecule has 2 amide bonds. The van der Waals surface area contributed by atoms with Crippen LogP contribution in [-0.2, 0) is 4.79 Å². The van der Waals surface area contributed by atoms with Gasteiger partial charge < -0.3 is 10.2 Å². The summed E-state index contributed by atoms with van der Waals surface area (Å²) in [6.45, 7) is 5.65. The number of carbonyl (C=O) groups is 2. The van der Waals surface area contributed by atoms with Gasteiger partial charge in [0.2, 0.25) is 5.91 Å². The fraction of sp³-hybridized carbons (Fsp3) is 0.429. The lowest BCUT2D eigenvalue weighted by Gasteiger charge is -2.20. The zero-order chi connectivity index (χ0) is 14.6. The van der Waals surface area contributed by atoms with Crippen molar-refractivity contribution in [2.75, 3.05) is 13.6 Å². The Hall–Kier alpha value is -1.91. The number of aryl methyl sites for hydroxylation is 1. The molecule has 0 saturated carbocycles. The van der Waals surface area contributed by atoms with E-state index in [1.807, 2.05) is 6.92 Å². The average molecular weight is 266 g/mol. The molecular formula is C14H19FN2O2. The van der Waals surface area contributed by atoms with Crippen LogP contribution in [0.15, 0.2) is 18.2 Å². The Morgan fingerprint density at radius 2 is 2.05 bits per heavy atom. The van der Waals surface area contributed by atoms with Gasteiger partial charge in [-0.2, -0.15) is 0 Å². The molecule has 0 spiro atoms. The molecular weight excluding hydrogens is 247 g/mol. The van der Waals surface area contributed by atoms with E-state index in [1.54, 1.807) is 20.9 Å². The smallest absolute Gasteiger partial charge is 0.251 e. The van der Waals surface area contributed by atoms with E-state index in [4.69, 9.17) is 0 Å². The number of halogens is 1. The van der Waals surface area contributed by atoms with E-state index in [9.17, 15) is 14.0 Å². The first kappa shape index (κ1) is 15.1. The van der Waals surface area contributed by atoms with Crippen LogP contribution in [-0.4, -0.2) is 36.3 Å². The normalized spacial score (nSPS) is 11.8. The number of likely N-dealkylation sites (N-methyl/N-ethyl adjacent to an activating group) is 1. The highest BCUT2D eigenvalue weighted by molar-refractivity contribution is 5.97. The standard InChI is InChI=1S/C14H19FN2O2/c1-5-17(4)14(19)10(3)16-13(18)11-6-7-12(15)9(2)8-11/h6-8,10H,5H2,1-4H3,(H,16,18). The number of nitrogens with zero attached hydrogens (tertiary/aromatic N) is 1. The molecule has 1 N–H and O–H groups in total. The van der Waals surface area contributed by atoms with Crippen molar-refractivity contribution in [1.82, 2.24) is 10.2 Å². The second-order valence-corrected chi connectivity index (χ2v) is 4.51. The van der Waals surface area contributed by atoms with Gasteiger partial charge in [0, 0.05) is 19.2 Å². The summed E-state index contributed by atoms with van der Waals surface area (Å²) in [5.41, 5.74) is 0.745. The molecule has 1 rings (SSSR count). The molecule has 0 aliphatic carbocycles. The number of benzene rings is 1. The molecule has 104 valence electrons. The van der Waals surface area contributed by atoms with Gasteiger partial charge in [0.1, 0.15) is 11.9 Å². The van der Waals surface area contributed by atoms with Gasteiger partial charge in [0.25, 0.3) is 5.91 Å². The van der Waals surface area contributed by atoms with Crippen LogP contribution in [0.2, 0.25) is 0 Å². The van der Waals surface area contributed by atoms with Gasteiger partial charge in [-0.1, -0.05) is 0 Å². The zero-order valence-electron chi connectivity index (χ0n) is 11.7. The maximum absolute atomic E-state index is 13.1. The van der Waals surface area contributed by atoms with Crippen molar-refractivity contribution in [3.05, 3.63) is 35.1 Å². The number of amides is 2. The lowest BCUT2D eigenvalue weighted by molar-refractivity contribution is -0.131. The van der Waals surface area contributed by atoms with Gasteiger partial charge in [0.15, 0.2) is 0 Å². The van der Waals surface area contributed by atoms with E-state index < -0.39 is 6.04 Å². The first-order chi connectivity index (χ1) is 8.86. The van der Waals surface area contributed by atoms with Crippen LogP contribution in [0.1, 0.15) is 29.8 Å². The van der Waals surface area contributed by atoms with E-state index in [0.717, 1.165) is 0 Å². The van der Waals surface area contributed by atoms with Crippen LogP contribution in [0.5, 0.6) is 0 Å². The Kier molecular flexibility index (Phi) is 5.03. The van der Waals surface area contributed by atoms with E-state index >= 15 is 0 Å². The lowest BCUT2D eigenvalue weighted by Crippen LogP contribution is -2.45. The molecule has 5 heteroatoms. The van der Waals surface area contributed by atoms with Crippen LogP contribution in [0.25, 0.3) is 0 Å². The largest absolute Gasteiger partial charge is 0.344 e. The molecule has 0 aliphatic rings. The van der Waals surface area contributed by atoms with Gasteiger partial charge in [0.05, 0.1) is 0 Å². The number of carbonyl (C=O) groups excluding carboxylic acids is 2. The van der Waals surface area contributed by atoms with Crippen LogP contribution >= 0.6 is 0 Å². The number of rotatable bonds is 4. The molecule has 1 aromatic rings. The topological polar surface area (TPSA) is 49.4 Å². The summed E-state index contributed by atoms with van der Waals surface area (Å²) in [7, 11) is 1.67. The van der Waals surface area contributed by atoms with Gasteiger partial charge in [-0.25, -0.2) is 4.39 Å². The molecule has 0 saturated heterocycles. The van der Waals surface area contributed by atoms with Crippen molar-refractivity contribution < 1.29 is 14.0 Å². The first-order valence-electron chi connectivity index (χ1n) is 6.18. The molecule has 1 aromatic carbocycles. The van der Waals surface area contributed by atoms with Crippen LogP contribution in [0.3, 0.4) is 0 Å². The van der Waals surface area contributed by atoms with Gasteiger partial charge >= 0.3 is 0 Å². The molecule has 0 aliphatic heterocycles. The maximum Gasteiger partial charge on any atom is 0.251 e. The van der Waals surface area contributed by atoms with Crippen molar-refractivity contribution in [2.24, 2.45) is 0 Å². The summed E-state index contributed by atoms with van der Waals surface area (Å²) >= 11 is 0. The number of hydrogen-bond donors (Lipinski definition) is 1. The predicted octanol–water partition coefficient (Wildman–Crippen LogP) is 1.73. The molecule has 19 heavy (non-hydrogen) atoms. The summed E-state index contributed by atoms with van der Waals surface area (Å²) in [5, 5.41) is 2.61. The Bertz CT molecular complexity index is 488. The molecule has 0 fully saturated rings. The minimum absolute atomic E-state index is 0.158. The summed E-state index contributed by atoms with van der Waals surface area (Å²) in [6, 6.07) is 3.50. The average Bonchev–Trinajstić information content (AvgIpc) is 2.39. The molecule has 0 radical (unpaired) electrons. The zero-order valence-corrected chi connectivity index (χ0v) is 11.7. The summed E-state index contributed by atoms with van der Waals surface area (Å²) < 4.78 is 13.1. The SMILES string of the molecule is CCN(C)C(=O)C(C)NC(=O)c1ccc(F)c(C)c1. The highest BCUT2D eigenvalue weighted by atomic mass is 19.1. The Morgan fingerprint density at radius 1 is 1.42 bits per heavy atom. The van der Waals surface area contributed by atoms with Crippen molar-refractivity contribution in [1.29, 1.82) is 0 Å². The maximum atomic E-state index is 13.1. The second-order valence-electron chi connectivity index (χ2n) is 4.51. The molecule has 1 atom stereocenters. The van der Waals surface area contributed by atoms with Crippen LogP contribution in [0.4, 0.5) is 4.39 Å². The Morgan fingerprint density at radius 3 is 2.58 bits per heavy atom. The fourth-order valence-corrected chi connectivity index (χ4v) is 1.61. The van der Waals surface area contributed by atoms with E-state index in [1.165, 1.54) is 23.1 Å². The summed E-state index contributed by atoms with van der Waals surface area (Å²) in [4.78, 5) is 25.3. The highest BCUT2D eigenvalue weighted by Gasteiger charge is 2.19. The van der Waals surface area contributed by atoms with Gasteiger partial charge in [-0.15, -0.1) is 0 Å². The van der Waals surface area contributed by atoms with Crippen molar-refractivity contribution in [3.63, 3.8) is 0 Å². The molecule has 0 heterocycles. The molecule has 0 aromatic heterocycles. The van der Waals surface area contributed by atoms with E-state index in [0.29, 0.717) is 17.7 Å². The third kappa shape index (κ3) is 3.77. The fourth-order valence-electron chi connectivity index (χ4n) is 1.61. The minimum Gasteiger partial charge on any atom is -0.344 e. The van der Waals surface area contributed by atoms with Crippen molar-refractivity contribution in [2.45, 2.75) is 26.8 Å². The molecule has 0 bridgehead atoms. The summed E-state index contributed by atoms with van der Waals surface area (Å²) in [5.74, 6) is -0.894. The second kappa shape index (κ2) is 6.31. The Balaban J connectivity index is 2.74. The summed E-state index contributed by atoms with van der Waals surface area (Å²) in [6.07, 6.45) is 0. The third-order valence-corrected chi connectivity index (χ3v) is 2.99. The number of nitrogens with one attached hydrogen (secondary N) is 1. The molecule has 1 unspecified atom stereocenters. The van der Waals surface area contributed by atoms with E-state index in [2.05, 4.69) is 5.32 Å². The third-order valence-electron chi connectivity index (χ3n) is 2.99. The molecule has 4 nitrogen and oxygen atoms in total. The minimum atomic E-state index is -0.609. The van der Waals surface area contributed by atoms with Gasteiger partial charge in [-0.05, 0) is 44.5 Å². The van der Waals surface area contributed by atoms with Crippen LogP contribution in [0, 0.1) is 12.7 Å². The lowest BCUT2D eigenvalue weighted by atomic mass is 10.1. The number of hydrogen-bond acceptors (Lipinski definition) is 2.